The van der Waals surface area contributed by atoms with Crippen LogP contribution in [0.3, 0.4) is 0 Å². The summed E-state index contributed by atoms with van der Waals surface area (Å²) in [5, 5.41) is 3.76. The van der Waals surface area contributed by atoms with E-state index in [0.29, 0.717) is 37.0 Å². The number of pyridine rings is 1. The van der Waals surface area contributed by atoms with Crippen LogP contribution >= 0.6 is 11.6 Å². The zero-order chi connectivity index (χ0) is 25.6. The second kappa shape index (κ2) is 11.1. The molecular weight excluding hydrogens is 501 g/mol. The number of anilines is 4. The van der Waals surface area contributed by atoms with Crippen LogP contribution in [0.15, 0.2) is 61.4 Å². The molecule has 1 amide bonds. The topological polar surface area (TPSA) is 130 Å². The van der Waals surface area contributed by atoms with Crippen molar-refractivity contribution in [2.75, 3.05) is 41.9 Å². The van der Waals surface area contributed by atoms with Gasteiger partial charge in [0.2, 0.25) is 5.95 Å². The zero-order valence-corrected chi connectivity index (χ0v) is 20.1. The quantitative estimate of drug-likeness (QED) is 0.311. The Hall–Kier alpha value is -4.42. The smallest absolute Gasteiger partial charge is 0.288 e. The van der Waals surface area contributed by atoms with Gasteiger partial charge in [0, 0.05) is 41.8 Å². The fraction of sp³-hybridized carbons (Fsp3) is 0.167. The van der Waals surface area contributed by atoms with Gasteiger partial charge in [0.25, 0.3) is 5.91 Å². The first kappa shape index (κ1) is 24.3. The summed E-state index contributed by atoms with van der Waals surface area (Å²) >= 11 is 6.29. The van der Waals surface area contributed by atoms with E-state index >= 15 is 0 Å². The number of aromatic nitrogens is 5. The Balaban J connectivity index is 1.22. The summed E-state index contributed by atoms with van der Waals surface area (Å²) < 4.78 is 19.5. The maximum Gasteiger partial charge on any atom is 0.288 e. The van der Waals surface area contributed by atoms with Crippen LogP contribution in [0.2, 0.25) is 5.02 Å². The maximum absolute atomic E-state index is 14.2. The largest absolute Gasteiger partial charge is 0.378 e. The molecule has 1 aromatic carbocycles. The van der Waals surface area contributed by atoms with Gasteiger partial charge in [0.05, 0.1) is 31.3 Å². The molecule has 3 aromatic heterocycles. The summed E-state index contributed by atoms with van der Waals surface area (Å²) in [6.07, 6.45) is 7.43. The lowest BCUT2D eigenvalue weighted by atomic mass is 10.1. The Bertz CT molecular complexity index is 1390. The Morgan fingerprint density at radius 2 is 1.78 bits per heavy atom. The third-order valence-electron chi connectivity index (χ3n) is 5.40. The molecule has 1 aliphatic heterocycles. The van der Waals surface area contributed by atoms with Crippen molar-refractivity contribution in [1.29, 1.82) is 0 Å². The number of nitrogens with zero attached hydrogens (tertiary/aromatic N) is 6. The number of ether oxygens (including phenoxy) is 1. The number of hydrazine groups is 1. The number of carbonyl (C=O) groups is 1. The predicted octanol–water partition coefficient (Wildman–Crippen LogP) is 3.46. The molecule has 1 aliphatic rings. The molecular formula is C24H21ClFN9O2. The summed E-state index contributed by atoms with van der Waals surface area (Å²) in [5.74, 6) is -0.864. The van der Waals surface area contributed by atoms with Crippen molar-refractivity contribution in [3.05, 3.63) is 78.0 Å². The molecule has 0 aliphatic carbocycles. The number of halogens is 2. The van der Waals surface area contributed by atoms with E-state index in [-0.39, 0.29) is 17.5 Å². The zero-order valence-electron chi connectivity index (χ0n) is 19.4. The van der Waals surface area contributed by atoms with Crippen LogP contribution in [0.4, 0.5) is 27.5 Å². The predicted molar refractivity (Wildman–Crippen MR) is 136 cm³/mol. The van der Waals surface area contributed by atoms with E-state index in [2.05, 4.69) is 41.1 Å². The van der Waals surface area contributed by atoms with Gasteiger partial charge in [-0.15, -0.1) is 0 Å². The minimum absolute atomic E-state index is 0.0510. The van der Waals surface area contributed by atoms with Gasteiger partial charge in [0.15, 0.2) is 11.6 Å². The van der Waals surface area contributed by atoms with Gasteiger partial charge in [-0.05, 0) is 35.9 Å². The lowest BCUT2D eigenvalue weighted by molar-refractivity contribution is 0.0957. The molecule has 37 heavy (non-hydrogen) atoms. The first-order valence-corrected chi connectivity index (χ1v) is 11.6. The minimum atomic E-state index is -0.549. The normalized spacial score (nSPS) is 13.2. The Kier molecular flexibility index (Phi) is 7.28. The van der Waals surface area contributed by atoms with Gasteiger partial charge in [-0.25, -0.2) is 24.3 Å². The van der Waals surface area contributed by atoms with Gasteiger partial charge < -0.3 is 15.0 Å². The van der Waals surface area contributed by atoms with Crippen LogP contribution in [-0.2, 0) is 4.74 Å². The fourth-order valence-corrected chi connectivity index (χ4v) is 3.87. The van der Waals surface area contributed by atoms with E-state index in [9.17, 15) is 9.18 Å². The Morgan fingerprint density at radius 1 is 0.973 bits per heavy atom. The van der Waals surface area contributed by atoms with Gasteiger partial charge in [-0.2, -0.15) is 4.98 Å². The van der Waals surface area contributed by atoms with E-state index in [1.165, 1.54) is 12.5 Å². The van der Waals surface area contributed by atoms with Crippen LogP contribution in [0.25, 0.3) is 11.1 Å². The number of nitrogens with one attached hydrogen (secondary N) is 3. The van der Waals surface area contributed by atoms with Gasteiger partial charge in [-0.1, -0.05) is 11.6 Å². The third-order valence-corrected chi connectivity index (χ3v) is 5.62. The minimum Gasteiger partial charge on any atom is -0.378 e. The van der Waals surface area contributed by atoms with Crippen LogP contribution in [0.1, 0.15) is 10.5 Å². The molecule has 1 fully saturated rings. The van der Waals surface area contributed by atoms with Crippen molar-refractivity contribution in [2.45, 2.75) is 0 Å². The summed E-state index contributed by atoms with van der Waals surface area (Å²) in [4.78, 5) is 34.6. The van der Waals surface area contributed by atoms with E-state index in [0.717, 1.165) is 23.0 Å². The molecule has 0 radical (unpaired) electrons. The number of hydrogen-bond donors (Lipinski definition) is 3. The third kappa shape index (κ3) is 6.05. The van der Waals surface area contributed by atoms with Gasteiger partial charge in [0.1, 0.15) is 12.0 Å². The number of hydrogen-bond acceptors (Lipinski definition) is 10. The van der Waals surface area contributed by atoms with Gasteiger partial charge in [-0.3, -0.25) is 15.6 Å². The average Bonchev–Trinajstić information content (AvgIpc) is 2.93. The molecule has 0 atom stereocenters. The molecule has 13 heteroatoms. The first-order chi connectivity index (χ1) is 18.0. The summed E-state index contributed by atoms with van der Waals surface area (Å²) in [7, 11) is 0. The second-order valence-corrected chi connectivity index (χ2v) is 8.39. The number of benzene rings is 1. The molecule has 0 unspecified atom stereocenters. The summed E-state index contributed by atoms with van der Waals surface area (Å²) in [6, 6.07) is 8.76. The highest BCUT2D eigenvalue weighted by atomic mass is 35.5. The summed E-state index contributed by atoms with van der Waals surface area (Å²) in [5.41, 5.74) is 8.30. The van der Waals surface area contributed by atoms with Crippen LogP contribution in [-0.4, -0.2) is 57.1 Å². The lowest BCUT2D eigenvalue weighted by Gasteiger charge is -2.28. The molecule has 3 N–H and O–H groups in total. The number of morpholine rings is 1. The van der Waals surface area contributed by atoms with Gasteiger partial charge >= 0.3 is 0 Å². The molecule has 4 aromatic rings. The second-order valence-electron chi connectivity index (χ2n) is 7.96. The standard InChI is InChI=1S/C24H21ClFN9O2/c25-17-7-15(16-10-27-14-28-11-16)8-19(9-17)31-18-1-2-21(29-12-18)23(36)33-34-24-30-13-20(26)22(32-24)35-3-5-37-6-4-35/h1-2,7-14,31H,3-6H2,(H,33,36)(H,30,32,34). The Morgan fingerprint density at radius 3 is 2.54 bits per heavy atom. The summed E-state index contributed by atoms with van der Waals surface area (Å²) in [6.45, 7) is 2.00. The number of carbonyl (C=O) groups excluding carboxylic acids is 1. The van der Waals surface area contributed by atoms with E-state index in [4.69, 9.17) is 16.3 Å². The molecule has 4 heterocycles. The van der Waals surface area contributed by atoms with Crippen LogP contribution < -0.4 is 21.1 Å². The van der Waals surface area contributed by atoms with E-state index in [1.807, 2.05) is 12.1 Å². The fourth-order valence-electron chi connectivity index (χ4n) is 3.64. The molecule has 5 rings (SSSR count). The molecule has 0 spiro atoms. The van der Waals surface area contributed by atoms with Crippen molar-refractivity contribution in [1.82, 2.24) is 30.3 Å². The van der Waals surface area contributed by atoms with Crippen molar-refractivity contribution < 1.29 is 13.9 Å². The monoisotopic (exact) mass is 521 g/mol. The van der Waals surface area contributed by atoms with Crippen molar-refractivity contribution in [3.8, 4) is 11.1 Å². The Labute approximate surface area is 216 Å². The van der Waals surface area contributed by atoms with E-state index in [1.54, 1.807) is 35.5 Å². The van der Waals surface area contributed by atoms with Crippen LogP contribution in [0.5, 0.6) is 0 Å². The van der Waals surface area contributed by atoms with Crippen molar-refractivity contribution in [3.63, 3.8) is 0 Å². The molecule has 1 saturated heterocycles. The lowest BCUT2D eigenvalue weighted by Crippen LogP contribution is -2.38. The maximum atomic E-state index is 14.2. The first-order valence-electron chi connectivity index (χ1n) is 11.3. The SMILES string of the molecule is O=C(NNc1ncc(F)c(N2CCOCC2)n1)c1ccc(Nc2cc(Cl)cc(-c3cncnc3)c2)cn1. The molecule has 188 valence electrons. The molecule has 11 nitrogen and oxygen atoms in total. The molecule has 0 saturated carbocycles. The number of amides is 1. The average molecular weight is 522 g/mol. The highest BCUT2D eigenvalue weighted by Crippen LogP contribution is 2.28. The highest BCUT2D eigenvalue weighted by molar-refractivity contribution is 6.31. The van der Waals surface area contributed by atoms with Crippen molar-refractivity contribution >= 4 is 40.6 Å². The number of rotatable bonds is 7. The molecule has 0 bridgehead atoms. The van der Waals surface area contributed by atoms with Crippen molar-refractivity contribution in [2.24, 2.45) is 0 Å². The highest BCUT2D eigenvalue weighted by Gasteiger charge is 2.18. The van der Waals surface area contributed by atoms with Crippen LogP contribution in [0, 0.1) is 5.82 Å². The van der Waals surface area contributed by atoms with E-state index < -0.39 is 11.7 Å².